The third-order valence-corrected chi connectivity index (χ3v) is 5.94. The van der Waals surface area contributed by atoms with Crippen molar-refractivity contribution < 1.29 is 14.3 Å². The lowest BCUT2D eigenvalue weighted by molar-refractivity contribution is -0.0598. The van der Waals surface area contributed by atoms with Crippen molar-refractivity contribution in [2.24, 2.45) is 5.41 Å². The Morgan fingerprint density at radius 3 is 3.17 bits per heavy atom. The average molecular weight is 312 g/mol. The number of fused-ring (bicyclic) bond motifs is 2. The van der Waals surface area contributed by atoms with E-state index in [1.165, 1.54) is 0 Å². The lowest BCUT2D eigenvalue weighted by Gasteiger charge is -2.50. The molecule has 23 heavy (non-hydrogen) atoms. The van der Waals surface area contributed by atoms with E-state index >= 15 is 0 Å². The fourth-order valence-electron chi connectivity index (χ4n) is 4.87. The number of piperidine rings is 1. The summed E-state index contributed by atoms with van der Waals surface area (Å²) in [5.41, 5.74) is 1.66. The normalized spacial score (nSPS) is 36.0. The molecule has 2 fully saturated rings. The van der Waals surface area contributed by atoms with E-state index in [-0.39, 0.29) is 17.4 Å². The van der Waals surface area contributed by atoms with Gasteiger partial charge in [0.2, 0.25) is 0 Å². The number of aliphatic hydroxyl groups is 1. The summed E-state index contributed by atoms with van der Waals surface area (Å²) >= 11 is 0. The molecule has 0 amide bonds. The van der Waals surface area contributed by atoms with Gasteiger partial charge >= 0.3 is 0 Å². The Kier molecular flexibility index (Phi) is 2.85. The Labute approximate surface area is 134 Å². The Morgan fingerprint density at radius 1 is 1.35 bits per heavy atom. The summed E-state index contributed by atoms with van der Waals surface area (Å²) in [6.45, 7) is 3.14. The molecule has 2 bridgehead atoms. The number of pyridine rings is 1. The zero-order valence-corrected chi connectivity index (χ0v) is 12.9. The van der Waals surface area contributed by atoms with Crippen LogP contribution in [0.4, 0.5) is 0 Å². The molecular formula is C18H20N2O3. The molecule has 120 valence electrons. The summed E-state index contributed by atoms with van der Waals surface area (Å²) in [7, 11) is 0. The highest BCUT2D eigenvalue weighted by Crippen LogP contribution is 2.58. The largest absolute Gasteiger partial charge is 0.488 e. The molecule has 5 atom stereocenters. The van der Waals surface area contributed by atoms with Crippen LogP contribution in [0.5, 0.6) is 5.75 Å². The van der Waals surface area contributed by atoms with E-state index in [1.807, 2.05) is 18.2 Å². The number of ether oxygens (including phenoxy) is 1. The maximum atomic E-state index is 11.2. The molecule has 5 rings (SSSR count). The SMILES string of the molecule is OC(c1ccoc1)C1c2ncccc2OC2CC[N@@]3CC[C@@]21C3. The van der Waals surface area contributed by atoms with Gasteiger partial charge in [-0.2, -0.15) is 0 Å². The number of hydrogen-bond donors (Lipinski definition) is 1. The van der Waals surface area contributed by atoms with Gasteiger partial charge < -0.3 is 19.2 Å². The molecule has 1 spiro atoms. The first-order valence-electron chi connectivity index (χ1n) is 8.32. The first-order chi connectivity index (χ1) is 11.3. The van der Waals surface area contributed by atoms with Crippen molar-refractivity contribution in [3.05, 3.63) is 48.2 Å². The summed E-state index contributed by atoms with van der Waals surface area (Å²) < 4.78 is 11.5. The van der Waals surface area contributed by atoms with E-state index in [0.717, 1.165) is 49.5 Å². The monoisotopic (exact) mass is 312 g/mol. The van der Waals surface area contributed by atoms with Crippen LogP contribution in [-0.4, -0.2) is 40.7 Å². The summed E-state index contributed by atoms with van der Waals surface area (Å²) in [5.74, 6) is 0.774. The van der Waals surface area contributed by atoms with Crippen LogP contribution in [0.1, 0.15) is 36.1 Å². The first-order valence-corrected chi connectivity index (χ1v) is 8.32. The number of nitrogens with zero attached hydrogens (tertiary/aromatic N) is 2. The van der Waals surface area contributed by atoms with Crippen molar-refractivity contribution in [3.8, 4) is 5.75 Å². The second kappa shape index (κ2) is 4.82. The van der Waals surface area contributed by atoms with Gasteiger partial charge in [-0.05, 0) is 37.6 Å². The van der Waals surface area contributed by atoms with Crippen LogP contribution >= 0.6 is 0 Å². The van der Waals surface area contributed by atoms with Crippen LogP contribution in [0.2, 0.25) is 0 Å². The molecule has 3 aliphatic rings. The molecule has 0 saturated carbocycles. The number of furan rings is 1. The molecule has 5 nitrogen and oxygen atoms in total. The van der Waals surface area contributed by atoms with Crippen LogP contribution in [0.3, 0.4) is 0 Å². The minimum Gasteiger partial charge on any atom is -0.488 e. The summed E-state index contributed by atoms with van der Waals surface area (Å²) in [4.78, 5) is 7.09. The molecule has 0 aromatic carbocycles. The highest BCUT2D eigenvalue weighted by molar-refractivity contribution is 5.39. The molecule has 2 aromatic heterocycles. The van der Waals surface area contributed by atoms with E-state index in [9.17, 15) is 5.11 Å². The van der Waals surface area contributed by atoms with Crippen LogP contribution in [0.15, 0.2) is 41.3 Å². The van der Waals surface area contributed by atoms with E-state index < -0.39 is 6.10 Å². The molecule has 0 aliphatic carbocycles. The summed E-state index contributed by atoms with van der Waals surface area (Å²) in [6.07, 6.45) is 6.66. The second-order valence-electron chi connectivity index (χ2n) is 7.02. The number of rotatable bonds is 2. The molecule has 2 aromatic rings. The number of hydrogen-bond acceptors (Lipinski definition) is 5. The van der Waals surface area contributed by atoms with Crippen molar-refractivity contribution >= 4 is 0 Å². The molecule has 5 heterocycles. The molecule has 3 aliphatic heterocycles. The van der Waals surface area contributed by atoms with Crippen LogP contribution in [0, 0.1) is 5.41 Å². The van der Waals surface area contributed by atoms with Gasteiger partial charge in [-0.3, -0.25) is 4.98 Å². The quantitative estimate of drug-likeness (QED) is 0.922. The van der Waals surface area contributed by atoms with Gasteiger partial charge in [0, 0.05) is 36.2 Å². The fraction of sp³-hybridized carbons (Fsp3) is 0.500. The zero-order chi connectivity index (χ0) is 15.4. The molecular weight excluding hydrogens is 292 g/mol. The summed E-state index contributed by atoms with van der Waals surface area (Å²) in [5, 5.41) is 11.2. The van der Waals surface area contributed by atoms with Crippen LogP contribution in [-0.2, 0) is 0 Å². The third kappa shape index (κ3) is 1.83. The topological polar surface area (TPSA) is 58.7 Å². The standard InChI is InChI=1S/C18H20N2O3/c21-17(12-4-9-22-10-12)15-16-13(2-1-6-19-16)23-14-3-7-20-8-5-18(14,15)11-20/h1-2,4,6,9-10,14-15,17,21H,3,5,7-8,11H2/t14?,15?,17?,18-/m1/s1. The van der Waals surface area contributed by atoms with Gasteiger partial charge in [0.15, 0.2) is 0 Å². The van der Waals surface area contributed by atoms with Gasteiger partial charge in [-0.15, -0.1) is 0 Å². The summed E-state index contributed by atoms with van der Waals surface area (Å²) in [6, 6.07) is 5.73. The molecule has 5 heteroatoms. The van der Waals surface area contributed by atoms with Crippen LogP contribution in [0.25, 0.3) is 0 Å². The Balaban J connectivity index is 1.67. The van der Waals surface area contributed by atoms with Crippen molar-refractivity contribution in [2.75, 3.05) is 19.6 Å². The van der Waals surface area contributed by atoms with Gasteiger partial charge in [-0.1, -0.05) is 0 Å². The van der Waals surface area contributed by atoms with Gasteiger partial charge in [0.25, 0.3) is 0 Å². The zero-order valence-electron chi connectivity index (χ0n) is 12.9. The molecule has 1 N–H and O–H groups in total. The van der Waals surface area contributed by atoms with E-state index in [0.29, 0.717) is 0 Å². The highest BCUT2D eigenvalue weighted by atomic mass is 16.5. The Hall–Kier alpha value is -1.85. The predicted molar refractivity (Wildman–Crippen MR) is 83.2 cm³/mol. The van der Waals surface area contributed by atoms with E-state index in [4.69, 9.17) is 9.15 Å². The molecule has 3 unspecified atom stereocenters. The van der Waals surface area contributed by atoms with E-state index in [1.54, 1.807) is 18.7 Å². The minimum absolute atomic E-state index is 0.0552. The molecule has 0 radical (unpaired) electrons. The van der Waals surface area contributed by atoms with Crippen molar-refractivity contribution in [1.82, 2.24) is 9.88 Å². The average Bonchev–Trinajstić information content (AvgIpc) is 3.21. The predicted octanol–water partition coefficient (Wildman–Crippen LogP) is 2.35. The number of aliphatic hydroxyl groups excluding tert-OH is 1. The number of aromatic nitrogens is 1. The third-order valence-electron chi connectivity index (χ3n) is 5.94. The second-order valence-corrected chi connectivity index (χ2v) is 7.02. The highest BCUT2D eigenvalue weighted by Gasteiger charge is 2.59. The molecule has 2 saturated heterocycles. The lowest BCUT2D eigenvalue weighted by Crippen LogP contribution is -2.54. The van der Waals surface area contributed by atoms with Crippen molar-refractivity contribution in [2.45, 2.75) is 31.0 Å². The minimum atomic E-state index is -0.619. The maximum Gasteiger partial charge on any atom is 0.141 e. The fourth-order valence-corrected chi connectivity index (χ4v) is 4.87. The Morgan fingerprint density at radius 2 is 2.30 bits per heavy atom. The smallest absolute Gasteiger partial charge is 0.141 e. The van der Waals surface area contributed by atoms with Crippen molar-refractivity contribution in [3.63, 3.8) is 0 Å². The van der Waals surface area contributed by atoms with Crippen molar-refractivity contribution in [1.29, 1.82) is 0 Å². The van der Waals surface area contributed by atoms with Crippen LogP contribution < -0.4 is 4.74 Å². The van der Waals surface area contributed by atoms with Gasteiger partial charge in [0.05, 0.1) is 24.3 Å². The first kappa shape index (κ1) is 13.6. The maximum absolute atomic E-state index is 11.2. The lowest BCUT2D eigenvalue weighted by atomic mass is 9.63. The Bertz CT molecular complexity index is 717. The van der Waals surface area contributed by atoms with Gasteiger partial charge in [0.1, 0.15) is 11.9 Å². The van der Waals surface area contributed by atoms with E-state index in [2.05, 4.69) is 9.88 Å². The van der Waals surface area contributed by atoms with Gasteiger partial charge in [-0.25, -0.2) is 0 Å².